The normalized spacial score (nSPS) is 11.3. The van der Waals surface area contributed by atoms with Crippen molar-refractivity contribution in [1.82, 2.24) is 17.3 Å². The van der Waals surface area contributed by atoms with Crippen molar-refractivity contribution in [2.45, 2.75) is 25.8 Å². The summed E-state index contributed by atoms with van der Waals surface area (Å²) in [6, 6.07) is 8.77. The average molecular weight is 536 g/mol. The zero-order valence-electron chi connectivity index (χ0n) is 20.0. The fourth-order valence-corrected chi connectivity index (χ4v) is 3.67. The lowest BCUT2D eigenvalue weighted by Gasteiger charge is -2.11. The Balaban J connectivity index is 0.00000342. The van der Waals surface area contributed by atoms with Crippen molar-refractivity contribution in [3.63, 3.8) is 0 Å². The van der Waals surface area contributed by atoms with E-state index in [1.807, 2.05) is 25.1 Å². The number of nitrogens with one attached hydrogen (secondary N) is 1. The van der Waals surface area contributed by atoms with Gasteiger partial charge in [0.05, 0.1) is 16.8 Å². The lowest BCUT2D eigenvalue weighted by molar-refractivity contribution is -0.140. The molecule has 0 saturated heterocycles. The van der Waals surface area contributed by atoms with E-state index in [4.69, 9.17) is 25.4 Å². The summed E-state index contributed by atoms with van der Waals surface area (Å²) in [5.41, 5.74) is 6.68. The number of benzene rings is 2. The van der Waals surface area contributed by atoms with E-state index in [2.05, 4.69) is 20.5 Å². The molecule has 3 rings (SSSR count). The van der Waals surface area contributed by atoms with E-state index in [-0.39, 0.29) is 36.6 Å². The Morgan fingerprint density at radius 2 is 1.86 bits per heavy atom. The van der Waals surface area contributed by atoms with Gasteiger partial charge in [-0.3, -0.25) is 9.59 Å². The molecule has 14 nitrogen and oxygen atoms in total. The van der Waals surface area contributed by atoms with Gasteiger partial charge >= 0.3 is 11.9 Å². The van der Waals surface area contributed by atoms with Crippen LogP contribution < -0.4 is 32.8 Å². The number of nitrogens with two attached hydrogens (primary N) is 1. The number of carbonyl (C=O) groups is 3. The summed E-state index contributed by atoms with van der Waals surface area (Å²) in [7, 11) is 0. The van der Waals surface area contributed by atoms with Crippen LogP contribution in [0.5, 0.6) is 11.5 Å². The lowest BCUT2D eigenvalue weighted by atomic mass is 10.1. The van der Waals surface area contributed by atoms with Crippen LogP contribution in [0.1, 0.15) is 19.8 Å². The van der Waals surface area contributed by atoms with Gasteiger partial charge in [-0.25, -0.2) is 9.78 Å². The molecule has 3 aromatic rings. The van der Waals surface area contributed by atoms with E-state index in [1.54, 1.807) is 0 Å². The average Bonchev–Trinajstić information content (AvgIpc) is 3.22. The quantitative estimate of drug-likeness (QED) is 0.180. The molecular weight excluding hydrogens is 506 g/mol. The molecular formula is C22H29N7O7S. The van der Waals surface area contributed by atoms with Crippen LogP contribution in [0.25, 0.3) is 10.2 Å². The molecule has 0 fully saturated rings. The minimum absolute atomic E-state index is 0. The third-order valence-corrected chi connectivity index (χ3v) is 5.40. The highest BCUT2D eigenvalue weighted by atomic mass is 32.1. The molecule has 1 unspecified atom stereocenters. The topological polar surface area (TPSA) is 256 Å². The number of ether oxygens (including phenoxy) is 2. The molecule has 0 radical (unpaired) electrons. The van der Waals surface area contributed by atoms with Crippen molar-refractivity contribution >= 4 is 55.9 Å². The number of hydrogen-bond acceptors (Lipinski definition) is 12. The highest BCUT2D eigenvalue weighted by Gasteiger charge is 2.15. The van der Waals surface area contributed by atoms with Crippen molar-refractivity contribution in [2.75, 3.05) is 18.5 Å². The van der Waals surface area contributed by atoms with Crippen LogP contribution in [0.3, 0.4) is 0 Å². The zero-order chi connectivity index (χ0) is 25.4. The molecule has 0 bridgehead atoms. The summed E-state index contributed by atoms with van der Waals surface area (Å²) in [5, 5.41) is 29.0. The first-order chi connectivity index (χ1) is 16.7. The highest BCUT2D eigenvalue weighted by molar-refractivity contribution is 7.21. The molecule has 2 aromatic carbocycles. The molecule has 37 heavy (non-hydrogen) atoms. The molecule has 1 atom stereocenters. The number of thiazole rings is 1. The van der Waals surface area contributed by atoms with Crippen molar-refractivity contribution in [3.8, 4) is 11.5 Å². The van der Waals surface area contributed by atoms with Crippen LogP contribution in [-0.2, 0) is 14.4 Å². The minimum Gasteiger partial charge on any atom is -0.494 e. The Bertz CT molecular complexity index is 1270. The third kappa shape index (κ3) is 9.08. The van der Waals surface area contributed by atoms with Crippen molar-refractivity contribution in [3.05, 3.63) is 36.4 Å². The Morgan fingerprint density at radius 3 is 2.54 bits per heavy atom. The smallest absolute Gasteiger partial charge is 0.341 e. The van der Waals surface area contributed by atoms with Crippen LogP contribution in [-0.4, -0.2) is 52.3 Å². The van der Waals surface area contributed by atoms with E-state index in [0.29, 0.717) is 17.4 Å². The van der Waals surface area contributed by atoms with Crippen LogP contribution in [0.2, 0.25) is 0 Å². The van der Waals surface area contributed by atoms with Gasteiger partial charge in [0, 0.05) is 18.2 Å². The number of nitrogens with zero attached hydrogens (tertiary/aromatic N) is 3. The summed E-state index contributed by atoms with van der Waals surface area (Å²) in [5.74, 6) is -2.04. The Hall–Kier alpha value is -4.18. The van der Waals surface area contributed by atoms with Crippen LogP contribution in [0.4, 0.5) is 16.5 Å². The molecule has 1 amide bonds. The van der Waals surface area contributed by atoms with Crippen molar-refractivity contribution < 1.29 is 34.1 Å². The largest absolute Gasteiger partial charge is 0.494 e. The molecule has 0 aliphatic rings. The second-order valence-electron chi connectivity index (χ2n) is 7.16. The van der Waals surface area contributed by atoms with Gasteiger partial charge < -0.3 is 43.0 Å². The molecule has 0 spiro atoms. The standard InChI is InChI=1S/C22H23N5O7S.2H3N/c1-2-33-13-4-7-16-18(10-13)35-22(25-16)27-26-15-6-3-12(9-17(15)34-11-20(29)30)24-19(28)8-5-14(23)21(31)32;;/h3-4,6-7,9-10,14H,2,5,8,11,23H2,1H3,(H,24,28)(H,29,30)(H,31,32);2*1H3. The zero-order valence-corrected chi connectivity index (χ0v) is 20.9. The molecule has 1 aromatic heterocycles. The molecule has 0 aliphatic heterocycles. The molecule has 200 valence electrons. The first-order valence-corrected chi connectivity index (χ1v) is 11.3. The number of fused-ring (bicyclic) bond motifs is 1. The summed E-state index contributed by atoms with van der Waals surface area (Å²) >= 11 is 1.31. The summed E-state index contributed by atoms with van der Waals surface area (Å²) < 4.78 is 11.7. The van der Waals surface area contributed by atoms with Gasteiger partial charge in [-0.15, -0.1) is 10.2 Å². The summed E-state index contributed by atoms with van der Waals surface area (Å²) in [6.45, 7) is 1.81. The van der Waals surface area contributed by atoms with E-state index < -0.39 is 30.5 Å². The van der Waals surface area contributed by atoms with Gasteiger partial charge in [-0.05, 0) is 43.7 Å². The van der Waals surface area contributed by atoms with Gasteiger partial charge in [0.15, 0.2) is 6.61 Å². The number of carboxylic acid groups (broad SMARTS) is 2. The molecule has 15 heteroatoms. The number of anilines is 1. The third-order valence-electron chi connectivity index (χ3n) is 4.50. The predicted molar refractivity (Wildman–Crippen MR) is 138 cm³/mol. The summed E-state index contributed by atoms with van der Waals surface area (Å²) in [6.07, 6.45) is -0.146. The number of hydrogen-bond donors (Lipinski definition) is 6. The van der Waals surface area contributed by atoms with E-state index >= 15 is 0 Å². The van der Waals surface area contributed by atoms with Gasteiger partial charge in [-0.1, -0.05) is 11.3 Å². The fourth-order valence-electron chi connectivity index (χ4n) is 2.85. The Kier molecular flexibility index (Phi) is 12.0. The van der Waals surface area contributed by atoms with Gasteiger partial charge in [0.1, 0.15) is 23.2 Å². The maximum absolute atomic E-state index is 12.1. The monoisotopic (exact) mass is 535 g/mol. The lowest BCUT2D eigenvalue weighted by Crippen LogP contribution is -2.31. The second kappa shape index (κ2) is 14.4. The first-order valence-electron chi connectivity index (χ1n) is 10.5. The molecule has 0 saturated carbocycles. The van der Waals surface area contributed by atoms with Crippen LogP contribution in [0, 0.1) is 0 Å². The Labute approximate surface area is 215 Å². The van der Waals surface area contributed by atoms with E-state index in [1.165, 1.54) is 29.5 Å². The van der Waals surface area contributed by atoms with E-state index in [0.717, 1.165) is 16.0 Å². The van der Waals surface area contributed by atoms with Crippen molar-refractivity contribution in [2.24, 2.45) is 16.0 Å². The van der Waals surface area contributed by atoms with E-state index in [9.17, 15) is 14.4 Å². The number of amides is 1. The number of carbonyl (C=O) groups excluding carboxylic acids is 1. The first kappa shape index (κ1) is 30.9. The molecule has 1 heterocycles. The minimum atomic E-state index is -1.19. The maximum atomic E-state index is 12.1. The fraction of sp³-hybridized carbons (Fsp3) is 0.273. The second-order valence-corrected chi connectivity index (χ2v) is 8.16. The number of rotatable bonds is 12. The van der Waals surface area contributed by atoms with Gasteiger partial charge in [-0.2, -0.15) is 0 Å². The highest BCUT2D eigenvalue weighted by Crippen LogP contribution is 2.35. The van der Waals surface area contributed by atoms with Gasteiger partial charge in [0.2, 0.25) is 11.0 Å². The number of aliphatic carboxylic acids is 2. The molecule has 0 aliphatic carbocycles. The SMILES string of the molecule is CCOc1ccc2nc(N=Nc3ccc(NC(=O)CCC(N)C(=O)O)cc3OCC(=O)O)sc2c1.N.N. The number of carboxylic acids is 2. The number of azo groups is 1. The predicted octanol–water partition coefficient (Wildman–Crippen LogP) is 4.03. The number of aromatic nitrogens is 1. The maximum Gasteiger partial charge on any atom is 0.341 e. The Morgan fingerprint density at radius 1 is 1.11 bits per heavy atom. The molecule has 11 N–H and O–H groups in total. The van der Waals surface area contributed by atoms with Crippen molar-refractivity contribution in [1.29, 1.82) is 0 Å². The summed E-state index contributed by atoms with van der Waals surface area (Å²) in [4.78, 5) is 38.3. The van der Waals surface area contributed by atoms with Gasteiger partial charge in [0.25, 0.3) is 0 Å². The van der Waals surface area contributed by atoms with Crippen LogP contribution >= 0.6 is 11.3 Å². The van der Waals surface area contributed by atoms with Crippen LogP contribution in [0.15, 0.2) is 46.6 Å².